The van der Waals surface area contributed by atoms with E-state index in [1.54, 1.807) is 0 Å². The standard InChI is InChI=1S/C12H22N4/c1-4-13-12-5-6-16(9-12)8-11-7-15(3)14-10(11)2/h7,12-13H,4-6,8-9H2,1-3H3. The third-order valence-electron chi connectivity index (χ3n) is 3.27. The maximum absolute atomic E-state index is 4.38. The molecule has 1 aromatic heterocycles. The van der Waals surface area contributed by atoms with Crippen LogP contribution < -0.4 is 5.32 Å². The van der Waals surface area contributed by atoms with E-state index in [4.69, 9.17) is 0 Å². The first-order valence-electron chi connectivity index (χ1n) is 6.14. The van der Waals surface area contributed by atoms with Crippen molar-refractivity contribution in [1.82, 2.24) is 20.0 Å². The van der Waals surface area contributed by atoms with Gasteiger partial charge in [-0.05, 0) is 19.9 Å². The molecule has 2 rings (SSSR count). The van der Waals surface area contributed by atoms with E-state index in [0.717, 1.165) is 18.8 Å². The van der Waals surface area contributed by atoms with Crippen molar-refractivity contribution in [2.45, 2.75) is 32.9 Å². The zero-order chi connectivity index (χ0) is 11.5. The average Bonchev–Trinajstić information content (AvgIpc) is 2.76. The van der Waals surface area contributed by atoms with Gasteiger partial charge >= 0.3 is 0 Å². The highest BCUT2D eigenvalue weighted by molar-refractivity contribution is 5.15. The fraction of sp³-hybridized carbons (Fsp3) is 0.750. The van der Waals surface area contributed by atoms with Crippen molar-refractivity contribution in [3.8, 4) is 0 Å². The maximum atomic E-state index is 4.38. The van der Waals surface area contributed by atoms with Gasteiger partial charge in [-0.2, -0.15) is 5.10 Å². The molecule has 4 nitrogen and oxygen atoms in total. The Hall–Kier alpha value is -0.870. The van der Waals surface area contributed by atoms with Crippen LogP contribution >= 0.6 is 0 Å². The minimum absolute atomic E-state index is 0.682. The average molecular weight is 222 g/mol. The van der Waals surface area contributed by atoms with Crippen molar-refractivity contribution >= 4 is 0 Å². The molecule has 0 aromatic carbocycles. The highest BCUT2D eigenvalue weighted by Crippen LogP contribution is 2.15. The topological polar surface area (TPSA) is 33.1 Å². The van der Waals surface area contributed by atoms with E-state index in [1.807, 2.05) is 11.7 Å². The second kappa shape index (κ2) is 4.97. The van der Waals surface area contributed by atoms with Crippen LogP contribution in [0.3, 0.4) is 0 Å². The molecule has 2 heterocycles. The second-order valence-electron chi connectivity index (χ2n) is 4.69. The Labute approximate surface area is 97.6 Å². The summed E-state index contributed by atoms with van der Waals surface area (Å²) in [6.07, 6.45) is 3.41. The lowest BCUT2D eigenvalue weighted by molar-refractivity contribution is 0.320. The number of likely N-dealkylation sites (tertiary alicyclic amines) is 1. The molecule has 1 fully saturated rings. The van der Waals surface area contributed by atoms with Gasteiger partial charge in [0.15, 0.2) is 0 Å². The molecular formula is C12H22N4. The van der Waals surface area contributed by atoms with Crippen LogP contribution in [-0.2, 0) is 13.6 Å². The van der Waals surface area contributed by atoms with Crippen molar-refractivity contribution in [1.29, 1.82) is 0 Å². The van der Waals surface area contributed by atoms with Crippen LogP contribution in [0.4, 0.5) is 0 Å². The quantitative estimate of drug-likeness (QED) is 0.822. The van der Waals surface area contributed by atoms with Gasteiger partial charge in [0.25, 0.3) is 0 Å². The molecule has 1 atom stereocenters. The van der Waals surface area contributed by atoms with Crippen molar-refractivity contribution in [3.63, 3.8) is 0 Å². The lowest BCUT2D eigenvalue weighted by Crippen LogP contribution is -2.32. The van der Waals surface area contributed by atoms with Crippen molar-refractivity contribution < 1.29 is 0 Å². The van der Waals surface area contributed by atoms with Gasteiger partial charge in [-0.25, -0.2) is 0 Å². The fourth-order valence-corrected chi connectivity index (χ4v) is 2.48. The summed E-state index contributed by atoms with van der Waals surface area (Å²) in [5.74, 6) is 0. The van der Waals surface area contributed by atoms with Crippen molar-refractivity contribution in [3.05, 3.63) is 17.5 Å². The van der Waals surface area contributed by atoms with Gasteiger partial charge in [-0.1, -0.05) is 6.92 Å². The molecule has 0 spiro atoms. The number of aromatic nitrogens is 2. The molecule has 0 amide bonds. The van der Waals surface area contributed by atoms with Crippen LogP contribution in [0, 0.1) is 6.92 Å². The summed E-state index contributed by atoms with van der Waals surface area (Å²) in [5.41, 5.74) is 2.52. The SMILES string of the molecule is CCNC1CCN(Cc2cn(C)nc2C)C1. The highest BCUT2D eigenvalue weighted by atomic mass is 15.3. The first-order valence-corrected chi connectivity index (χ1v) is 6.14. The fourth-order valence-electron chi connectivity index (χ4n) is 2.48. The van der Waals surface area contributed by atoms with Gasteiger partial charge < -0.3 is 5.32 Å². The smallest absolute Gasteiger partial charge is 0.0638 e. The summed E-state index contributed by atoms with van der Waals surface area (Å²) < 4.78 is 1.91. The highest BCUT2D eigenvalue weighted by Gasteiger charge is 2.22. The molecule has 0 aliphatic carbocycles. The Morgan fingerprint density at radius 3 is 3.00 bits per heavy atom. The van der Waals surface area contributed by atoms with Crippen LogP contribution in [0.2, 0.25) is 0 Å². The third kappa shape index (κ3) is 2.62. The molecule has 1 aromatic rings. The molecule has 1 saturated heterocycles. The zero-order valence-electron chi connectivity index (χ0n) is 10.5. The summed E-state index contributed by atoms with van der Waals surface area (Å²) in [6.45, 7) is 8.75. The van der Waals surface area contributed by atoms with Crippen LogP contribution in [0.15, 0.2) is 6.20 Å². The molecule has 0 radical (unpaired) electrons. The van der Waals surface area contributed by atoms with Gasteiger partial charge in [-0.15, -0.1) is 0 Å². The largest absolute Gasteiger partial charge is 0.313 e. The van der Waals surface area contributed by atoms with E-state index in [0.29, 0.717) is 6.04 Å². The molecule has 1 unspecified atom stereocenters. The molecule has 90 valence electrons. The molecular weight excluding hydrogens is 200 g/mol. The summed E-state index contributed by atoms with van der Waals surface area (Å²) >= 11 is 0. The Morgan fingerprint density at radius 2 is 2.38 bits per heavy atom. The number of nitrogens with zero attached hydrogens (tertiary/aromatic N) is 3. The van der Waals surface area contributed by atoms with E-state index in [1.165, 1.54) is 25.1 Å². The number of hydrogen-bond donors (Lipinski definition) is 1. The minimum Gasteiger partial charge on any atom is -0.313 e. The lowest BCUT2D eigenvalue weighted by Gasteiger charge is -2.15. The molecule has 1 N–H and O–H groups in total. The van der Waals surface area contributed by atoms with Crippen LogP contribution in [-0.4, -0.2) is 40.4 Å². The van der Waals surface area contributed by atoms with Crippen molar-refractivity contribution in [2.75, 3.05) is 19.6 Å². The van der Waals surface area contributed by atoms with E-state index in [9.17, 15) is 0 Å². The number of hydrogen-bond acceptors (Lipinski definition) is 3. The second-order valence-corrected chi connectivity index (χ2v) is 4.69. The molecule has 4 heteroatoms. The Balaban J connectivity index is 1.89. The van der Waals surface area contributed by atoms with Crippen LogP contribution in [0.25, 0.3) is 0 Å². The summed E-state index contributed by atoms with van der Waals surface area (Å²) in [4.78, 5) is 2.51. The van der Waals surface area contributed by atoms with E-state index >= 15 is 0 Å². The zero-order valence-corrected chi connectivity index (χ0v) is 10.5. The molecule has 16 heavy (non-hydrogen) atoms. The number of aryl methyl sites for hydroxylation is 2. The van der Waals surface area contributed by atoms with E-state index in [2.05, 4.69) is 35.4 Å². The monoisotopic (exact) mass is 222 g/mol. The summed E-state index contributed by atoms with van der Waals surface area (Å²) in [7, 11) is 1.99. The predicted octanol–water partition coefficient (Wildman–Crippen LogP) is 0.912. The first-order chi connectivity index (χ1) is 7.69. The Kier molecular flexibility index (Phi) is 3.61. The first kappa shape index (κ1) is 11.6. The molecule has 1 aliphatic heterocycles. The summed E-state index contributed by atoms with van der Waals surface area (Å²) in [5, 5.41) is 7.90. The van der Waals surface area contributed by atoms with Gasteiger partial charge in [0.1, 0.15) is 0 Å². The molecule has 1 aliphatic rings. The number of nitrogens with one attached hydrogen (secondary N) is 1. The predicted molar refractivity (Wildman–Crippen MR) is 65.3 cm³/mol. The lowest BCUT2D eigenvalue weighted by atomic mass is 10.2. The maximum Gasteiger partial charge on any atom is 0.0638 e. The van der Waals surface area contributed by atoms with Crippen LogP contribution in [0.5, 0.6) is 0 Å². The minimum atomic E-state index is 0.682. The van der Waals surface area contributed by atoms with E-state index in [-0.39, 0.29) is 0 Å². The van der Waals surface area contributed by atoms with Crippen molar-refractivity contribution in [2.24, 2.45) is 7.05 Å². The van der Waals surface area contributed by atoms with E-state index < -0.39 is 0 Å². The number of likely N-dealkylation sites (N-methyl/N-ethyl adjacent to an activating group) is 1. The Morgan fingerprint density at radius 1 is 1.56 bits per heavy atom. The van der Waals surface area contributed by atoms with Gasteiger partial charge in [0.05, 0.1) is 5.69 Å². The van der Waals surface area contributed by atoms with Gasteiger partial charge in [0.2, 0.25) is 0 Å². The van der Waals surface area contributed by atoms with Crippen LogP contribution in [0.1, 0.15) is 24.6 Å². The Bertz CT molecular complexity index is 345. The van der Waals surface area contributed by atoms with Gasteiger partial charge in [-0.3, -0.25) is 9.58 Å². The number of rotatable bonds is 4. The molecule has 0 bridgehead atoms. The van der Waals surface area contributed by atoms with Gasteiger partial charge in [0, 0.05) is 44.5 Å². The summed E-state index contributed by atoms with van der Waals surface area (Å²) in [6, 6.07) is 0.682. The normalized spacial score (nSPS) is 21.8. The molecule has 0 saturated carbocycles. The third-order valence-corrected chi connectivity index (χ3v) is 3.27.